The third-order valence-corrected chi connectivity index (χ3v) is 4.78. The minimum Gasteiger partial charge on any atom is -0.430 e. The van der Waals surface area contributed by atoms with Gasteiger partial charge in [0.25, 0.3) is 5.91 Å². The summed E-state index contributed by atoms with van der Waals surface area (Å²) in [7, 11) is 2.76. The number of ether oxygens (including phenoxy) is 1. The van der Waals surface area contributed by atoms with Gasteiger partial charge >= 0.3 is 12.8 Å². The molecule has 0 aliphatic rings. The van der Waals surface area contributed by atoms with Gasteiger partial charge in [-0.2, -0.15) is 27.1 Å². The summed E-state index contributed by atoms with van der Waals surface area (Å²) in [5.41, 5.74) is 1.19. The molecule has 0 radical (unpaired) electrons. The van der Waals surface area contributed by atoms with E-state index in [1.807, 2.05) is 0 Å². The Morgan fingerprint density at radius 3 is 2.31 bits per heavy atom. The van der Waals surface area contributed by atoms with Crippen molar-refractivity contribution in [3.05, 3.63) is 64.8 Å². The Labute approximate surface area is 184 Å². The van der Waals surface area contributed by atoms with Crippen molar-refractivity contribution in [2.75, 3.05) is 14.1 Å². The van der Waals surface area contributed by atoms with Crippen molar-refractivity contribution in [1.82, 2.24) is 20.2 Å². The fourth-order valence-electron chi connectivity index (χ4n) is 2.87. The standard InChI is InChI=1S/C20H16ClF5N4O2/c1-27-29(2)18(31)15-17(32-19(22)23)16(11-7-9-12(10-8-11)20(24,25)26)30(28-15)14-6-4-3-5-13(14)21/h3-10,19,27H,1-2H3. The molecule has 1 heterocycles. The molecule has 32 heavy (non-hydrogen) atoms. The second-order valence-electron chi connectivity index (χ2n) is 6.43. The molecular formula is C20H16ClF5N4O2. The lowest BCUT2D eigenvalue weighted by Crippen LogP contribution is -2.37. The molecule has 1 amide bonds. The van der Waals surface area contributed by atoms with E-state index in [9.17, 15) is 26.7 Å². The van der Waals surface area contributed by atoms with Crippen molar-refractivity contribution in [3.63, 3.8) is 0 Å². The number of aromatic nitrogens is 2. The van der Waals surface area contributed by atoms with Crippen molar-refractivity contribution in [2.45, 2.75) is 12.8 Å². The van der Waals surface area contributed by atoms with Crippen LogP contribution in [0.15, 0.2) is 48.5 Å². The molecule has 0 fully saturated rings. The van der Waals surface area contributed by atoms with Gasteiger partial charge in [-0.25, -0.2) is 10.1 Å². The van der Waals surface area contributed by atoms with Gasteiger partial charge in [-0.05, 0) is 24.3 Å². The number of hydrogen-bond donors (Lipinski definition) is 1. The van der Waals surface area contributed by atoms with Crippen LogP contribution < -0.4 is 10.2 Å². The van der Waals surface area contributed by atoms with E-state index in [2.05, 4.69) is 15.3 Å². The van der Waals surface area contributed by atoms with Gasteiger partial charge in [-0.3, -0.25) is 9.80 Å². The molecule has 1 N–H and O–H groups in total. The second-order valence-corrected chi connectivity index (χ2v) is 6.84. The first kappa shape index (κ1) is 23.5. The maximum absolute atomic E-state index is 13.3. The highest BCUT2D eigenvalue weighted by Crippen LogP contribution is 2.39. The highest BCUT2D eigenvalue weighted by molar-refractivity contribution is 6.32. The maximum Gasteiger partial charge on any atom is 0.416 e. The van der Waals surface area contributed by atoms with Crippen LogP contribution in [-0.4, -0.2) is 41.4 Å². The number of amides is 1. The van der Waals surface area contributed by atoms with E-state index in [1.165, 1.54) is 26.2 Å². The van der Waals surface area contributed by atoms with E-state index in [1.54, 1.807) is 12.1 Å². The third kappa shape index (κ3) is 4.68. The Morgan fingerprint density at radius 2 is 1.78 bits per heavy atom. The number of carbonyl (C=O) groups is 1. The average molecular weight is 475 g/mol. The van der Waals surface area contributed by atoms with Crippen LogP contribution in [0.4, 0.5) is 22.0 Å². The summed E-state index contributed by atoms with van der Waals surface area (Å²) in [4.78, 5) is 12.8. The lowest BCUT2D eigenvalue weighted by molar-refractivity contribution is -0.137. The number of para-hydroxylation sites is 1. The quantitative estimate of drug-likeness (QED) is 0.402. The maximum atomic E-state index is 13.3. The topological polar surface area (TPSA) is 59.4 Å². The zero-order chi connectivity index (χ0) is 23.6. The van der Waals surface area contributed by atoms with Gasteiger partial charge in [0.2, 0.25) is 0 Å². The number of benzene rings is 2. The summed E-state index contributed by atoms with van der Waals surface area (Å²) in [6.07, 6.45) is -4.60. The van der Waals surface area contributed by atoms with Crippen LogP contribution >= 0.6 is 11.6 Å². The van der Waals surface area contributed by atoms with Crippen molar-refractivity contribution in [2.24, 2.45) is 0 Å². The number of halogens is 6. The summed E-state index contributed by atoms with van der Waals surface area (Å²) in [5, 5.41) is 5.27. The number of hydrogen-bond acceptors (Lipinski definition) is 4. The van der Waals surface area contributed by atoms with Gasteiger partial charge in [0.15, 0.2) is 11.4 Å². The molecule has 0 saturated heterocycles. The number of alkyl halides is 5. The fraction of sp³-hybridized carbons (Fsp3) is 0.200. The van der Waals surface area contributed by atoms with Crippen molar-refractivity contribution in [1.29, 1.82) is 0 Å². The molecule has 2 aromatic carbocycles. The summed E-state index contributed by atoms with van der Waals surface area (Å²) < 4.78 is 71.2. The molecule has 0 bridgehead atoms. The molecule has 0 unspecified atom stereocenters. The Balaban J connectivity index is 2.32. The molecule has 0 aliphatic carbocycles. The number of carbonyl (C=O) groups excluding carboxylic acids is 1. The minimum atomic E-state index is -4.60. The molecular weight excluding hydrogens is 459 g/mol. The molecule has 3 rings (SSSR count). The SMILES string of the molecule is CNN(C)C(=O)c1nn(-c2ccccc2Cl)c(-c2ccc(C(F)(F)F)cc2)c1OC(F)F. The summed E-state index contributed by atoms with van der Waals surface area (Å²) in [5.74, 6) is -1.42. The van der Waals surface area contributed by atoms with Gasteiger partial charge in [0.1, 0.15) is 5.69 Å². The third-order valence-electron chi connectivity index (χ3n) is 4.46. The van der Waals surface area contributed by atoms with Gasteiger partial charge in [-0.15, -0.1) is 0 Å². The molecule has 0 saturated carbocycles. The number of nitrogens with zero attached hydrogens (tertiary/aromatic N) is 3. The van der Waals surface area contributed by atoms with E-state index in [0.29, 0.717) is 0 Å². The van der Waals surface area contributed by atoms with E-state index >= 15 is 0 Å². The number of rotatable bonds is 6. The molecule has 6 nitrogen and oxygen atoms in total. The minimum absolute atomic E-state index is 0.0484. The molecule has 3 aromatic rings. The van der Waals surface area contributed by atoms with Crippen LogP contribution in [0.3, 0.4) is 0 Å². The largest absolute Gasteiger partial charge is 0.430 e. The Kier molecular flexibility index (Phi) is 6.70. The van der Waals surface area contributed by atoms with Gasteiger partial charge in [0, 0.05) is 19.7 Å². The summed E-state index contributed by atoms with van der Waals surface area (Å²) in [6, 6.07) is 9.93. The normalized spacial score (nSPS) is 11.7. The van der Waals surface area contributed by atoms with Crippen molar-refractivity contribution in [3.8, 4) is 22.7 Å². The summed E-state index contributed by atoms with van der Waals surface area (Å²) in [6.45, 7) is -3.33. The fourth-order valence-corrected chi connectivity index (χ4v) is 3.09. The van der Waals surface area contributed by atoms with Crippen LogP contribution in [0.1, 0.15) is 16.1 Å². The lowest BCUT2D eigenvalue weighted by atomic mass is 10.1. The van der Waals surface area contributed by atoms with Crippen LogP contribution in [0.25, 0.3) is 16.9 Å². The Morgan fingerprint density at radius 1 is 1.16 bits per heavy atom. The molecule has 0 atom stereocenters. The lowest BCUT2D eigenvalue weighted by Gasteiger charge is -2.15. The van der Waals surface area contributed by atoms with E-state index in [-0.39, 0.29) is 22.0 Å². The van der Waals surface area contributed by atoms with Crippen LogP contribution in [0.2, 0.25) is 5.02 Å². The Hall–Kier alpha value is -3.18. The first-order valence-electron chi connectivity index (χ1n) is 9.00. The van der Waals surface area contributed by atoms with Crippen molar-refractivity contribution >= 4 is 17.5 Å². The average Bonchev–Trinajstić information content (AvgIpc) is 3.10. The van der Waals surface area contributed by atoms with E-state index < -0.39 is 35.7 Å². The predicted octanol–water partition coefficient (Wildman–Crippen LogP) is 5.02. The highest BCUT2D eigenvalue weighted by Gasteiger charge is 2.33. The molecule has 170 valence electrons. The van der Waals surface area contributed by atoms with E-state index in [4.69, 9.17) is 11.6 Å². The molecule has 0 aliphatic heterocycles. The molecule has 0 spiro atoms. The van der Waals surface area contributed by atoms with Crippen LogP contribution in [0, 0.1) is 0 Å². The summed E-state index contributed by atoms with van der Waals surface area (Å²) >= 11 is 6.23. The number of hydrazine groups is 1. The van der Waals surface area contributed by atoms with E-state index in [0.717, 1.165) is 34.0 Å². The van der Waals surface area contributed by atoms with Crippen LogP contribution in [-0.2, 0) is 6.18 Å². The second kappa shape index (κ2) is 9.13. The van der Waals surface area contributed by atoms with Crippen molar-refractivity contribution < 1.29 is 31.5 Å². The first-order chi connectivity index (χ1) is 15.0. The highest BCUT2D eigenvalue weighted by atomic mass is 35.5. The van der Waals surface area contributed by atoms with Gasteiger partial charge in [-0.1, -0.05) is 35.9 Å². The zero-order valence-corrected chi connectivity index (χ0v) is 17.4. The van der Waals surface area contributed by atoms with Crippen LogP contribution in [0.5, 0.6) is 5.75 Å². The van der Waals surface area contributed by atoms with Gasteiger partial charge < -0.3 is 4.74 Å². The smallest absolute Gasteiger partial charge is 0.416 e. The Bertz CT molecular complexity index is 1120. The molecule has 1 aromatic heterocycles. The van der Waals surface area contributed by atoms with Gasteiger partial charge in [0.05, 0.1) is 16.3 Å². The zero-order valence-electron chi connectivity index (χ0n) is 16.6. The molecule has 12 heteroatoms. The first-order valence-corrected chi connectivity index (χ1v) is 9.38. The number of nitrogens with one attached hydrogen (secondary N) is 1. The monoisotopic (exact) mass is 474 g/mol. The predicted molar refractivity (Wildman–Crippen MR) is 107 cm³/mol.